The van der Waals surface area contributed by atoms with E-state index in [0.29, 0.717) is 12.8 Å². The number of benzene rings is 1. The number of hydrogen-bond acceptors (Lipinski definition) is 13. The molecule has 0 aliphatic carbocycles. The van der Waals surface area contributed by atoms with E-state index in [0.717, 1.165) is 58.8 Å². The van der Waals surface area contributed by atoms with Gasteiger partial charge in [0.1, 0.15) is 18.8 Å². The van der Waals surface area contributed by atoms with Crippen molar-refractivity contribution in [3.05, 3.63) is 48.0 Å². The van der Waals surface area contributed by atoms with Crippen LogP contribution in [0.4, 0.5) is 9.59 Å². The zero-order valence-electron chi connectivity index (χ0n) is 43.0. The van der Waals surface area contributed by atoms with E-state index in [2.05, 4.69) is 19.2 Å². The third-order valence-electron chi connectivity index (χ3n) is 12.4. The second-order valence-electron chi connectivity index (χ2n) is 18.7. The highest BCUT2D eigenvalue weighted by atomic mass is 16.8. The topological polar surface area (TPSA) is 220 Å². The Balaban J connectivity index is 2.37. The SMILES string of the molecule is CCCCCCCCCCCCCC=C[C@@H](OC(=O)c1ccccc1)[C@H](CO[C@@]1(C)O[C@H](COC(=O)O)[C@H](OC(=O)O)[C@H](OC(C)=O)[C@H]1OC(C)=O)NC(=O)CCCCCCCCCCCCCCC. The van der Waals surface area contributed by atoms with Crippen LogP contribution in [0.2, 0.25) is 0 Å². The zero-order valence-corrected chi connectivity index (χ0v) is 43.0. The normalized spacial score (nSPS) is 19.7. The van der Waals surface area contributed by atoms with Gasteiger partial charge in [-0.25, -0.2) is 14.4 Å². The second kappa shape index (κ2) is 37.1. The Morgan fingerprint density at radius 1 is 0.657 bits per heavy atom. The Morgan fingerprint density at radius 3 is 1.64 bits per heavy atom. The van der Waals surface area contributed by atoms with Gasteiger partial charge in [-0.1, -0.05) is 179 Å². The summed E-state index contributed by atoms with van der Waals surface area (Å²) >= 11 is 0. The second-order valence-corrected chi connectivity index (χ2v) is 18.7. The number of allylic oxidation sites excluding steroid dienone is 1. The number of ether oxygens (including phenoxy) is 7. The van der Waals surface area contributed by atoms with E-state index in [1.54, 1.807) is 36.4 Å². The van der Waals surface area contributed by atoms with Gasteiger partial charge in [0.05, 0.1) is 18.2 Å². The quantitative estimate of drug-likeness (QED) is 0.0242. The fraction of sp³-hybridized carbons (Fsp3) is 0.741. The van der Waals surface area contributed by atoms with E-state index < -0.39 is 85.8 Å². The summed E-state index contributed by atoms with van der Waals surface area (Å²) < 4.78 is 39.6. The molecule has 1 fully saturated rings. The lowest BCUT2D eigenvalue weighted by molar-refractivity contribution is -0.359. The number of hydrogen-bond donors (Lipinski definition) is 3. The summed E-state index contributed by atoms with van der Waals surface area (Å²) in [7, 11) is 0. The van der Waals surface area contributed by atoms with E-state index in [9.17, 15) is 39.0 Å². The number of carboxylic acid groups (broad SMARTS) is 2. The molecule has 1 aromatic rings. The number of carbonyl (C=O) groups excluding carboxylic acids is 4. The Labute approximate surface area is 417 Å². The minimum atomic E-state index is -2.14. The Kier molecular flexibility index (Phi) is 32.6. The summed E-state index contributed by atoms with van der Waals surface area (Å²) in [5.74, 6) is -4.94. The molecule has 0 spiro atoms. The maximum absolute atomic E-state index is 13.8. The minimum absolute atomic E-state index is 0.178. The molecule has 16 nitrogen and oxygen atoms in total. The van der Waals surface area contributed by atoms with Gasteiger partial charge in [-0.05, 0) is 44.4 Å². The summed E-state index contributed by atoms with van der Waals surface area (Å²) in [6.07, 6.45) is 21.0. The number of rotatable bonds is 39. The van der Waals surface area contributed by atoms with Crippen LogP contribution in [-0.4, -0.2) is 102 Å². The first-order valence-corrected chi connectivity index (χ1v) is 26.3. The van der Waals surface area contributed by atoms with Gasteiger partial charge in [0.2, 0.25) is 11.7 Å². The van der Waals surface area contributed by atoms with Crippen molar-refractivity contribution in [2.75, 3.05) is 13.2 Å². The summed E-state index contributed by atoms with van der Waals surface area (Å²) in [5, 5.41) is 22.0. The van der Waals surface area contributed by atoms with Gasteiger partial charge in [-0.15, -0.1) is 0 Å². The van der Waals surface area contributed by atoms with Gasteiger partial charge < -0.3 is 48.7 Å². The number of nitrogens with one attached hydrogen (secondary N) is 1. The molecule has 0 radical (unpaired) electrons. The van der Waals surface area contributed by atoms with Crippen molar-refractivity contribution in [3.8, 4) is 0 Å². The Hall–Kier alpha value is -4.70. The summed E-state index contributed by atoms with van der Waals surface area (Å²) in [5.41, 5.74) is 0.275. The lowest BCUT2D eigenvalue weighted by Crippen LogP contribution is -2.68. The number of carbonyl (C=O) groups is 6. The lowest BCUT2D eigenvalue weighted by Gasteiger charge is -2.49. The first-order chi connectivity index (χ1) is 33.7. The highest BCUT2D eigenvalue weighted by molar-refractivity contribution is 5.89. The van der Waals surface area contributed by atoms with E-state index in [4.69, 9.17) is 33.2 Å². The molecule has 1 aliphatic rings. The van der Waals surface area contributed by atoms with Crippen LogP contribution in [0.15, 0.2) is 42.5 Å². The van der Waals surface area contributed by atoms with Crippen LogP contribution in [0.5, 0.6) is 0 Å². The predicted molar refractivity (Wildman–Crippen MR) is 265 cm³/mol. The van der Waals surface area contributed by atoms with E-state index in [1.165, 1.54) is 110 Å². The molecule has 0 aromatic heterocycles. The van der Waals surface area contributed by atoms with Crippen molar-refractivity contribution in [2.45, 2.75) is 244 Å². The molecule has 1 heterocycles. The molecule has 0 unspecified atom stereocenters. The summed E-state index contributed by atoms with van der Waals surface area (Å²) in [4.78, 5) is 76.1. The summed E-state index contributed by atoms with van der Waals surface area (Å²) in [6.45, 7) is 6.60. The van der Waals surface area contributed by atoms with Gasteiger partial charge in [0.15, 0.2) is 18.3 Å². The van der Waals surface area contributed by atoms with Crippen molar-refractivity contribution in [3.63, 3.8) is 0 Å². The molecule has 398 valence electrons. The molecular weight excluding hydrogens is 903 g/mol. The Bertz CT molecular complexity index is 1660. The molecule has 1 saturated heterocycles. The largest absolute Gasteiger partial charge is 0.506 e. The third kappa shape index (κ3) is 27.1. The predicted octanol–water partition coefficient (Wildman–Crippen LogP) is 12.2. The molecule has 7 atom stereocenters. The van der Waals surface area contributed by atoms with E-state index in [1.807, 2.05) is 6.08 Å². The zero-order chi connectivity index (χ0) is 51.4. The van der Waals surface area contributed by atoms with Gasteiger partial charge in [0.25, 0.3) is 0 Å². The van der Waals surface area contributed by atoms with Crippen LogP contribution in [-0.2, 0) is 47.5 Å². The van der Waals surface area contributed by atoms with Crippen molar-refractivity contribution >= 4 is 36.1 Å². The fourth-order valence-corrected chi connectivity index (χ4v) is 8.68. The fourth-order valence-electron chi connectivity index (χ4n) is 8.68. The molecule has 2 rings (SSSR count). The maximum Gasteiger partial charge on any atom is 0.506 e. The van der Waals surface area contributed by atoms with Crippen molar-refractivity contribution in [1.29, 1.82) is 0 Å². The van der Waals surface area contributed by atoms with Crippen LogP contribution < -0.4 is 5.32 Å². The highest BCUT2D eigenvalue weighted by Gasteiger charge is 2.59. The van der Waals surface area contributed by atoms with E-state index in [-0.39, 0.29) is 17.9 Å². The smallest absolute Gasteiger partial charge is 0.454 e. The standard InChI is InChI=1S/C54H87NO15/c1-6-8-10-12-14-16-18-20-22-24-26-28-33-37-45(68-51(59)43-35-31-30-32-36-43)44(55-47(58)38-34-29-27-25-23-21-19-17-15-13-11-9-7-2)39-65-54(5)50(67-42(4)57)49(66-41(3)56)48(69-53(62)63)46(70-54)40-64-52(60)61/h30-33,35-37,44-46,48-50H,6-29,34,38-40H2,1-5H3,(H,55,58)(H,60,61)(H,62,63)/t44-,45+,46+,48-,49-,50+,54-/m0/s1. The molecule has 1 amide bonds. The van der Waals surface area contributed by atoms with Gasteiger partial charge in [-0.3, -0.25) is 14.4 Å². The van der Waals surface area contributed by atoms with Crippen LogP contribution in [0.1, 0.15) is 212 Å². The molecule has 0 saturated carbocycles. The first kappa shape index (κ1) is 61.4. The first-order valence-electron chi connectivity index (χ1n) is 26.3. The Morgan fingerprint density at radius 2 is 1.16 bits per heavy atom. The minimum Gasteiger partial charge on any atom is -0.454 e. The number of esters is 3. The summed E-state index contributed by atoms with van der Waals surface area (Å²) in [6, 6.07) is 7.31. The molecule has 0 bridgehead atoms. The monoisotopic (exact) mass is 990 g/mol. The third-order valence-corrected chi connectivity index (χ3v) is 12.4. The van der Waals surface area contributed by atoms with Crippen molar-refractivity contribution in [2.24, 2.45) is 0 Å². The molecular formula is C54H87NO15. The molecule has 1 aliphatic heterocycles. The molecule has 1 aromatic carbocycles. The average Bonchev–Trinajstić information content (AvgIpc) is 3.31. The number of unbranched alkanes of at least 4 members (excludes halogenated alkanes) is 23. The molecule has 70 heavy (non-hydrogen) atoms. The van der Waals surface area contributed by atoms with Crippen molar-refractivity contribution < 1.29 is 72.1 Å². The number of amides is 1. The maximum atomic E-state index is 13.8. The van der Waals surface area contributed by atoms with Crippen LogP contribution in [0, 0.1) is 0 Å². The highest BCUT2D eigenvalue weighted by Crippen LogP contribution is 2.37. The van der Waals surface area contributed by atoms with Crippen LogP contribution in [0.3, 0.4) is 0 Å². The van der Waals surface area contributed by atoms with E-state index >= 15 is 0 Å². The van der Waals surface area contributed by atoms with Gasteiger partial charge in [-0.2, -0.15) is 0 Å². The van der Waals surface area contributed by atoms with Gasteiger partial charge >= 0.3 is 30.2 Å². The van der Waals surface area contributed by atoms with Crippen LogP contribution >= 0.6 is 0 Å². The molecule has 16 heteroatoms. The van der Waals surface area contributed by atoms with Crippen LogP contribution in [0.25, 0.3) is 0 Å². The lowest BCUT2D eigenvalue weighted by atomic mass is 9.92. The van der Waals surface area contributed by atoms with Gasteiger partial charge in [0, 0.05) is 20.3 Å². The van der Waals surface area contributed by atoms with Crippen molar-refractivity contribution in [1.82, 2.24) is 5.32 Å². The average molecular weight is 990 g/mol. The molecule has 3 N–H and O–H groups in total.